The van der Waals surface area contributed by atoms with Gasteiger partial charge in [-0.05, 0) is 48.9 Å². The molecule has 0 saturated heterocycles. The molecule has 0 heterocycles. The van der Waals surface area contributed by atoms with Crippen molar-refractivity contribution in [3.63, 3.8) is 0 Å². The molecular weight excluding hydrogens is 108 g/mol. The Hall–Kier alpha value is 0. The molecule has 3 unspecified atom stereocenters. The van der Waals surface area contributed by atoms with E-state index >= 15 is 0 Å². The van der Waals surface area contributed by atoms with Crippen LogP contribution in [0.2, 0.25) is 0 Å². The third kappa shape index (κ3) is 0.500. The fourth-order valence-corrected chi connectivity index (χ4v) is 2.94. The summed E-state index contributed by atoms with van der Waals surface area (Å²) in [4.78, 5) is 0. The van der Waals surface area contributed by atoms with Gasteiger partial charge >= 0.3 is 0 Å². The summed E-state index contributed by atoms with van der Waals surface area (Å²) in [5.41, 5.74) is 0.859. The van der Waals surface area contributed by atoms with E-state index in [0.29, 0.717) is 0 Å². The SMILES string of the molecule is CC12CC3CC3C[C@H]1C2. The van der Waals surface area contributed by atoms with E-state index in [-0.39, 0.29) is 0 Å². The van der Waals surface area contributed by atoms with Crippen molar-refractivity contribution in [1.29, 1.82) is 0 Å². The maximum absolute atomic E-state index is 2.49. The molecule has 0 nitrogen and oxygen atoms in total. The van der Waals surface area contributed by atoms with E-state index in [0.717, 1.165) is 5.41 Å². The van der Waals surface area contributed by atoms with Gasteiger partial charge in [0.1, 0.15) is 0 Å². The lowest BCUT2D eigenvalue weighted by Gasteiger charge is -2.15. The second-order valence-corrected chi connectivity index (χ2v) is 4.75. The molecule has 3 saturated carbocycles. The van der Waals surface area contributed by atoms with Crippen LogP contribution in [0, 0.1) is 23.2 Å². The summed E-state index contributed by atoms with van der Waals surface area (Å²) in [6, 6.07) is 0. The van der Waals surface area contributed by atoms with Crippen LogP contribution in [0.1, 0.15) is 32.6 Å². The Kier molecular flexibility index (Phi) is 0.574. The first-order chi connectivity index (χ1) is 4.28. The van der Waals surface area contributed by atoms with Crippen molar-refractivity contribution < 1.29 is 0 Å². The van der Waals surface area contributed by atoms with Gasteiger partial charge in [0.15, 0.2) is 0 Å². The predicted molar refractivity (Wildman–Crippen MR) is 37.0 cm³/mol. The van der Waals surface area contributed by atoms with Crippen LogP contribution in [-0.2, 0) is 0 Å². The van der Waals surface area contributed by atoms with Crippen molar-refractivity contribution in [2.75, 3.05) is 0 Å². The molecule has 0 spiro atoms. The van der Waals surface area contributed by atoms with Crippen molar-refractivity contribution in [2.24, 2.45) is 23.2 Å². The highest BCUT2D eigenvalue weighted by Gasteiger charge is 2.60. The van der Waals surface area contributed by atoms with Gasteiger partial charge in [-0.15, -0.1) is 0 Å². The van der Waals surface area contributed by atoms with Gasteiger partial charge in [-0.3, -0.25) is 0 Å². The van der Waals surface area contributed by atoms with Crippen LogP contribution in [0.3, 0.4) is 0 Å². The average molecular weight is 122 g/mol. The van der Waals surface area contributed by atoms with Crippen LogP contribution in [0.4, 0.5) is 0 Å². The van der Waals surface area contributed by atoms with Crippen LogP contribution in [0.5, 0.6) is 0 Å². The smallest absolute Gasteiger partial charge is 0.0292 e. The maximum atomic E-state index is 2.49. The zero-order valence-corrected chi connectivity index (χ0v) is 6.06. The normalized spacial score (nSPS) is 68.3. The number of hydrogen-bond acceptors (Lipinski definition) is 0. The minimum atomic E-state index is 0.859. The lowest BCUT2D eigenvalue weighted by molar-refractivity contribution is 0.350. The Bertz CT molecular complexity index is 161. The van der Waals surface area contributed by atoms with Crippen LogP contribution >= 0.6 is 0 Å². The van der Waals surface area contributed by atoms with Crippen LogP contribution < -0.4 is 0 Å². The van der Waals surface area contributed by atoms with E-state index in [4.69, 9.17) is 0 Å². The molecule has 3 rings (SSSR count). The highest BCUT2D eigenvalue weighted by molar-refractivity contribution is 5.10. The molecule has 0 aromatic carbocycles. The minimum Gasteiger partial charge on any atom is -0.0594 e. The summed E-state index contributed by atoms with van der Waals surface area (Å²) in [5, 5.41) is 0. The molecule has 0 amide bonds. The van der Waals surface area contributed by atoms with E-state index in [1.807, 2.05) is 0 Å². The molecule has 4 atom stereocenters. The highest BCUT2D eigenvalue weighted by Crippen LogP contribution is 2.69. The Morgan fingerprint density at radius 2 is 2.00 bits per heavy atom. The van der Waals surface area contributed by atoms with Gasteiger partial charge in [0.25, 0.3) is 0 Å². The Labute approximate surface area is 56.6 Å². The Balaban J connectivity index is 1.87. The van der Waals surface area contributed by atoms with E-state index in [1.165, 1.54) is 17.8 Å². The first kappa shape index (κ1) is 4.76. The quantitative estimate of drug-likeness (QED) is 0.463. The monoisotopic (exact) mass is 122 g/mol. The summed E-state index contributed by atoms with van der Waals surface area (Å²) in [6.07, 6.45) is 6.34. The summed E-state index contributed by atoms with van der Waals surface area (Å²) >= 11 is 0. The molecule has 9 heavy (non-hydrogen) atoms. The van der Waals surface area contributed by atoms with Gasteiger partial charge in [-0.25, -0.2) is 0 Å². The summed E-state index contributed by atoms with van der Waals surface area (Å²) < 4.78 is 0. The van der Waals surface area contributed by atoms with Crippen LogP contribution in [-0.4, -0.2) is 0 Å². The average Bonchev–Trinajstić information content (AvgIpc) is 2.52. The first-order valence-electron chi connectivity index (χ1n) is 4.28. The molecule has 0 aromatic rings. The third-order valence-corrected chi connectivity index (χ3v) is 3.92. The number of rotatable bonds is 0. The Morgan fingerprint density at radius 3 is 2.78 bits per heavy atom. The fourth-order valence-electron chi connectivity index (χ4n) is 2.94. The maximum Gasteiger partial charge on any atom is -0.0292 e. The van der Waals surface area contributed by atoms with Crippen molar-refractivity contribution >= 4 is 0 Å². The second kappa shape index (κ2) is 1.09. The van der Waals surface area contributed by atoms with E-state index in [2.05, 4.69) is 6.92 Å². The first-order valence-corrected chi connectivity index (χ1v) is 4.28. The molecule has 50 valence electrons. The lowest BCUT2D eigenvalue weighted by atomic mass is 9.90. The van der Waals surface area contributed by atoms with Crippen molar-refractivity contribution in [1.82, 2.24) is 0 Å². The van der Waals surface area contributed by atoms with Crippen LogP contribution in [0.25, 0.3) is 0 Å². The van der Waals surface area contributed by atoms with E-state index in [9.17, 15) is 0 Å². The Morgan fingerprint density at radius 1 is 1.11 bits per heavy atom. The van der Waals surface area contributed by atoms with Gasteiger partial charge < -0.3 is 0 Å². The molecule has 0 radical (unpaired) electrons. The van der Waals surface area contributed by atoms with E-state index in [1.54, 1.807) is 25.7 Å². The fraction of sp³-hybridized carbons (Fsp3) is 1.00. The molecule has 0 heteroatoms. The minimum absolute atomic E-state index is 0.859. The molecule has 0 N–H and O–H groups in total. The van der Waals surface area contributed by atoms with Crippen molar-refractivity contribution in [2.45, 2.75) is 32.6 Å². The third-order valence-electron chi connectivity index (χ3n) is 3.92. The van der Waals surface area contributed by atoms with Gasteiger partial charge in [0.05, 0.1) is 0 Å². The van der Waals surface area contributed by atoms with E-state index < -0.39 is 0 Å². The zero-order chi connectivity index (χ0) is 6.06. The summed E-state index contributed by atoms with van der Waals surface area (Å²) in [6.45, 7) is 2.49. The lowest BCUT2D eigenvalue weighted by Crippen LogP contribution is -2.06. The van der Waals surface area contributed by atoms with Crippen molar-refractivity contribution in [3.8, 4) is 0 Å². The van der Waals surface area contributed by atoms with Gasteiger partial charge in [0.2, 0.25) is 0 Å². The van der Waals surface area contributed by atoms with Crippen molar-refractivity contribution in [3.05, 3.63) is 0 Å². The predicted octanol–water partition coefficient (Wildman–Crippen LogP) is 2.44. The molecule has 0 aliphatic heterocycles. The molecule has 0 bridgehead atoms. The van der Waals surface area contributed by atoms with Gasteiger partial charge in [0, 0.05) is 0 Å². The summed E-state index contributed by atoms with van der Waals surface area (Å²) in [5.74, 6) is 3.56. The molecule has 3 aliphatic rings. The molecule has 3 fully saturated rings. The second-order valence-electron chi connectivity index (χ2n) is 4.75. The zero-order valence-electron chi connectivity index (χ0n) is 6.06. The molecule has 3 aliphatic carbocycles. The number of hydrogen-bond donors (Lipinski definition) is 0. The molecule has 0 aromatic heterocycles. The topological polar surface area (TPSA) is 0 Å². The summed E-state index contributed by atoms with van der Waals surface area (Å²) in [7, 11) is 0. The van der Waals surface area contributed by atoms with Crippen LogP contribution in [0.15, 0.2) is 0 Å². The number of fused-ring (bicyclic) bond motifs is 2. The van der Waals surface area contributed by atoms with Gasteiger partial charge in [-0.2, -0.15) is 0 Å². The van der Waals surface area contributed by atoms with Gasteiger partial charge in [-0.1, -0.05) is 6.92 Å². The largest absolute Gasteiger partial charge is 0.0594 e. The molecular formula is C9H14. The highest BCUT2D eigenvalue weighted by atomic mass is 14.6. The standard InChI is InChI=1S/C9H14/c1-9-4-7-2-6(7)3-8(9)5-9/h6-8H,2-5H2,1H3/t6?,7?,8-,9?/m0/s1.